The van der Waals surface area contributed by atoms with E-state index in [0.29, 0.717) is 33.5 Å². The Bertz CT molecular complexity index is 1500. The van der Waals surface area contributed by atoms with Crippen LogP contribution in [0, 0.1) is 6.92 Å². The second kappa shape index (κ2) is 10.6. The lowest BCUT2D eigenvalue weighted by molar-refractivity contribution is -0.137. The third-order valence-electron chi connectivity index (χ3n) is 5.60. The number of nitrogens with one attached hydrogen (secondary N) is 1. The molecule has 1 aliphatic rings. The SMILES string of the molecule is CC1=CCC=C(C(=O)Nc2cc(-n3cnc(C)c3)cc(C(F)(F)F)c2)C=C1N(N)/C=C(\N)c1cnc(N)s1. The van der Waals surface area contributed by atoms with Crippen LogP contribution < -0.4 is 22.6 Å². The molecule has 9 nitrogen and oxygen atoms in total. The second-order valence-corrected chi connectivity index (χ2v) is 9.57. The van der Waals surface area contributed by atoms with Crippen molar-refractivity contribution in [2.45, 2.75) is 26.4 Å². The summed E-state index contributed by atoms with van der Waals surface area (Å²) in [5.41, 5.74) is 13.5. The zero-order valence-corrected chi connectivity index (χ0v) is 21.3. The summed E-state index contributed by atoms with van der Waals surface area (Å²) >= 11 is 1.20. The molecule has 0 saturated heterocycles. The summed E-state index contributed by atoms with van der Waals surface area (Å²) in [6, 6.07) is 3.32. The molecule has 198 valence electrons. The lowest BCUT2D eigenvalue weighted by atomic mass is 10.1. The predicted molar refractivity (Wildman–Crippen MR) is 141 cm³/mol. The van der Waals surface area contributed by atoms with Crippen LogP contribution in [0.5, 0.6) is 0 Å². The fraction of sp³-hybridized carbons (Fsp3) is 0.160. The number of anilines is 2. The molecule has 0 spiro atoms. The number of amides is 1. The molecule has 2 aromatic heterocycles. The van der Waals surface area contributed by atoms with Crippen molar-refractivity contribution in [3.05, 3.63) is 94.3 Å². The van der Waals surface area contributed by atoms with Gasteiger partial charge in [0, 0.05) is 35.5 Å². The van der Waals surface area contributed by atoms with Crippen LogP contribution >= 0.6 is 11.3 Å². The van der Waals surface area contributed by atoms with Crippen LogP contribution in [0.15, 0.2) is 78.2 Å². The molecule has 0 unspecified atom stereocenters. The highest BCUT2D eigenvalue weighted by Gasteiger charge is 2.31. The molecular formula is C25H25F3N8OS. The number of aromatic nitrogens is 3. The minimum Gasteiger partial charge on any atom is -0.396 e. The van der Waals surface area contributed by atoms with Crippen LogP contribution in [-0.4, -0.2) is 25.5 Å². The molecule has 1 aliphatic carbocycles. The molecule has 7 N–H and O–H groups in total. The van der Waals surface area contributed by atoms with Crippen LogP contribution in [0.25, 0.3) is 11.4 Å². The van der Waals surface area contributed by atoms with Gasteiger partial charge >= 0.3 is 6.18 Å². The molecule has 3 aromatic rings. The molecular weight excluding hydrogens is 517 g/mol. The van der Waals surface area contributed by atoms with E-state index in [9.17, 15) is 18.0 Å². The van der Waals surface area contributed by atoms with E-state index in [1.807, 2.05) is 13.0 Å². The Morgan fingerprint density at radius 1 is 1.21 bits per heavy atom. The van der Waals surface area contributed by atoms with E-state index in [4.69, 9.17) is 17.3 Å². The number of imidazole rings is 1. The molecule has 4 rings (SSSR count). The summed E-state index contributed by atoms with van der Waals surface area (Å²) < 4.78 is 42.3. The van der Waals surface area contributed by atoms with Crippen molar-refractivity contribution in [2.24, 2.45) is 11.6 Å². The van der Waals surface area contributed by atoms with Gasteiger partial charge in [0.1, 0.15) is 0 Å². The lowest BCUT2D eigenvalue weighted by Crippen LogP contribution is -2.27. The van der Waals surface area contributed by atoms with E-state index in [2.05, 4.69) is 15.3 Å². The van der Waals surface area contributed by atoms with E-state index in [-0.39, 0.29) is 16.9 Å². The Kier molecular flexibility index (Phi) is 7.41. The van der Waals surface area contributed by atoms with Crippen molar-refractivity contribution in [1.82, 2.24) is 19.5 Å². The normalized spacial score (nSPS) is 14.4. The summed E-state index contributed by atoms with van der Waals surface area (Å²) in [6.07, 6.45) is 6.87. The Morgan fingerprint density at radius 3 is 2.61 bits per heavy atom. The van der Waals surface area contributed by atoms with Crippen molar-refractivity contribution < 1.29 is 18.0 Å². The number of benzene rings is 1. The maximum absolute atomic E-state index is 13.6. The predicted octanol–water partition coefficient (Wildman–Crippen LogP) is 4.47. The van der Waals surface area contributed by atoms with Crippen molar-refractivity contribution in [1.29, 1.82) is 0 Å². The Balaban J connectivity index is 1.62. The quantitative estimate of drug-likeness (QED) is 0.266. The smallest absolute Gasteiger partial charge is 0.396 e. The Hall–Kier alpha value is -4.36. The number of nitrogen functional groups attached to an aromatic ring is 1. The highest BCUT2D eigenvalue weighted by atomic mass is 32.1. The average molecular weight is 543 g/mol. The van der Waals surface area contributed by atoms with Crippen molar-refractivity contribution in [3.63, 3.8) is 0 Å². The van der Waals surface area contributed by atoms with Crippen LogP contribution in [0.3, 0.4) is 0 Å². The second-order valence-electron chi connectivity index (χ2n) is 8.51. The van der Waals surface area contributed by atoms with Gasteiger partial charge < -0.3 is 21.4 Å². The van der Waals surface area contributed by atoms with Crippen molar-refractivity contribution in [3.8, 4) is 5.69 Å². The van der Waals surface area contributed by atoms with E-state index < -0.39 is 17.6 Å². The van der Waals surface area contributed by atoms with Crippen LogP contribution in [-0.2, 0) is 11.0 Å². The van der Waals surface area contributed by atoms with Gasteiger partial charge in [-0.15, -0.1) is 0 Å². The van der Waals surface area contributed by atoms with Gasteiger partial charge in [-0.25, -0.2) is 15.8 Å². The van der Waals surface area contributed by atoms with Gasteiger partial charge in [-0.05, 0) is 50.1 Å². The minimum absolute atomic E-state index is 0.0208. The van der Waals surface area contributed by atoms with Gasteiger partial charge in [0.15, 0.2) is 5.13 Å². The number of rotatable bonds is 6. The number of alkyl halides is 3. The molecule has 0 bridgehead atoms. The number of carbonyl (C=O) groups excluding carboxylic acids is 1. The Morgan fingerprint density at radius 2 is 1.97 bits per heavy atom. The first-order valence-corrected chi connectivity index (χ1v) is 12.1. The molecule has 13 heteroatoms. The molecule has 38 heavy (non-hydrogen) atoms. The topological polar surface area (TPSA) is 141 Å². The maximum Gasteiger partial charge on any atom is 0.416 e. The summed E-state index contributed by atoms with van der Waals surface area (Å²) in [7, 11) is 0. The third-order valence-corrected chi connectivity index (χ3v) is 6.47. The fourth-order valence-electron chi connectivity index (χ4n) is 3.69. The molecule has 2 heterocycles. The highest BCUT2D eigenvalue weighted by molar-refractivity contribution is 7.16. The summed E-state index contributed by atoms with van der Waals surface area (Å²) in [4.78, 5) is 21.8. The maximum atomic E-state index is 13.6. The number of allylic oxidation sites excluding steroid dienone is 3. The number of nitrogens with zero attached hydrogens (tertiary/aromatic N) is 4. The highest BCUT2D eigenvalue weighted by Crippen LogP contribution is 2.33. The molecule has 1 amide bonds. The Labute approximate surface area is 220 Å². The first kappa shape index (κ1) is 26.7. The standard InChI is InChI=1S/C25H25F3N8OS/c1-14-4-3-5-16(6-21(14)36(31)12-20(29)22-10-32-24(30)38-22)23(37)34-18-7-17(25(26,27)28)8-19(9-18)35-11-15(2)33-13-35/h4-13H,3,29,31H2,1-2H3,(H2,30,32)(H,34,37)/b20-12-. The zero-order valence-electron chi connectivity index (χ0n) is 20.5. The molecule has 0 radical (unpaired) electrons. The molecule has 0 atom stereocenters. The summed E-state index contributed by atoms with van der Waals surface area (Å²) in [5, 5.41) is 4.21. The van der Waals surface area contributed by atoms with Crippen molar-refractivity contribution in [2.75, 3.05) is 11.1 Å². The largest absolute Gasteiger partial charge is 0.416 e. The summed E-state index contributed by atoms with van der Waals surface area (Å²) in [5.74, 6) is 5.65. The van der Waals surface area contributed by atoms with Gasteiger partial charge in [0.05, 0.1) is 33.9 Å². The summed E-state index contributed by atoms with van der Waals surface area (Å²) in [6.45, 7) is 3.54. The molecule has 0 fully saturated rings. The number of thiazole rings is 1. The molecule has 0 aliphatic heterocycles. The number of hydrogen-bond donors (Lipinski definition) is 4. The van der Waals surface area contributed by atoms with Gasteiger partial charge in [-0.2, -0.15) is 13.2 Å². The van der Waals surface area contributed by atoms with Crippen LogP contribution in [0.1, 0.15) is 29.5 Å². The van der Waals surface area contributed by atoms with Crippen LogP contribution in [0.4, 0.5) is 24.0 Å². The third kappa shape index (κ3) is 6.12. The van der Waals surface area contributed by atoms with E-state index in [1.54, 1.807) is 25.3 Å². The number of nitrogens with two attached hydrogens (primary N) is 3. The first-order valence-electron chi connectivity index (χ1n) is 11.3. The number of halogens is 3. The first-order chi connectivity index (χ1) is 17.9. The van der Waals surface area contributed by atoms with Crippen LogP contribution in [0.2, 0.25) is 0 Å². The number of hydrogen-bond acceptors (Lipinski definition) is 8. The van der Waals surface area contributed by atoms with E-state index in [0.717, 1.165) is 17.7 Å². The van der Waals surface area contributed by atoms with E-state index >= 15 is 0 Å². The number of aryl methyl sites for hydroxylation is 1. The van der Waals surface area contributed by atoms with Gasteiger partial charge in [-0.1, -0.05) is 23.5 Å². The van der Waals surface area contributed by atoms with Gasteiger partial charge in [0.2, 0.25) is 0 Å². The minimum atomic E-state index is -4.62. The van der Waals surface area contributed by atoms with Crippen molar-refractivity contribution >= 4 is 33.8 Å². The monoisotopic (exact) mass is 542 g/mol. The number of hydrazine groups is 1. The lowest BCUT2D eigenvalue weighted by Gasteiger charge is -2.19. The molecule has 1 aromatic carbocycles. The average Bonchev–Trinajstić information content (AvgIpc) is 3.43. The molecule has 0 saturated carbocycles. The number of carbonyl (C=O) groups is 1. The fourth-order valence-corrected chi connectivity index (χ4v) is 4.30. The van der Waals surface area contributed by atoms with Gasteiger partial charge in [0.25, 0.3) is 5.91 Å². The van der Waals surface area contributed by atoms with E-state index in [1.165, 1.54) is 45.7 Å². The van der Waals surface area contributed by atoms with Gasteiger partial charge in [-0.3, -0.25) is 9.80 Å². The zero-order chi connectivity index (χ0) is 27.6.